The zero-order chi connectivity index (χ0) is 13.8. The molecule has 1 unspecified atom stereocenters. The number of rotatable bonds is 4. The minimum absolute atomic E-state index is 0.0784. The molecular weight excluding hydrogens is 266 g/mol. The number of carbonyl (C=O) groups excluding carboxylic acids is 1. The van der Waals surface area contributed by atoms with Crippen molar-refractivity contribution in [1.29, 1.82) is 0 Å². The van der Waals surface area contributed by atoms with Crippen LogP contribution in [0.1, 0.15) is 36.0 Å². The van der Waals surface area contributed by atoms with E-state index in [-0.39, 0.29) is 24.3 Å². The maximum absolute atomic E-state index is 12.4. The number of aliphatic hydroxyl groups is 1. The summed E-state index contributed by atoms with van der Waals surface area (Å²) in [6, 6.07) is 4.71. The fourth-order valence-electron chi connectivity index (χ4n) is 2.57. The standard InChI is InChI=1S/C14H18ClNO3/c15-10-5-6-12(13(18)9-10)14(19)16-7-1-3-11(16)4-2-8-17/h5-6,9,11,17-18H,1-4,7-8H2. The number of amides is 1. The molecule has 1 aromatic rings. The third-order valence-corrected chi connectivity index (χ3v) is 3.76. The summed E-state index contributed by atoms with van der Waals surface area (Å²) in [5.41, 5.74) is 0.292. The summed E-state index contributed by atoms with van der Waals surface area (Å²) < 4.78 is 0. The van der Waals surface area contributed by atoms with E-state index in [0.29, 0.717) is 23.6 Å². The summed E-state index contributed by atoms with van der Waals surface area (Å²) in [5, 5.41) is 19.1. The third kappa shape index (κ3) is 3.19. The van der Waals surface area contributed by atoms with Crippen molar-refractivity contribution in [2.75, 3.05) is 13.2 Å². The molecule has 19 heavy (non-hydrogen) atoms. The molecule has 2 N–H and O–H groups in total. The lowest BCUT2D eigenvalue weighted by molar-refractivity contribution is 0.0721. The fourth-order valence-corrected chi connectivity index (χ4v) is 2.74. The number of nitrogens with zero attached hydrogens (tertiary/aromatic N) is 1. The molecule has 0 radical (unpaired) electrons. The first kappa shape index (κ1) is 14.2. The van der Waals surface area contributed by atoms with Crippen molar-refractivity contribution in [2.24, 2.45) is 0 Å². The number of carbonyl (C=O) groups is 1. The van der Waals surface area contributed by atoms with E-state index < -0.39 is 0 Å². The predicted molar refractivity (Wildman–Crippen MR) is 73.5 cm³/mol. The largest absolute Gasteiger partial charge is 0.507 e. The summed E-state index contributed by atoms with van der Waals surface area (Å²) in [5.74, 6) is -0.236. The fraction of sp³-hybridized carbons (Fsp3) is 0.500. The highest BCUT2D eigenvalue weighted by molar-refractivity contribution is 6.30. The second-order valence-electron chi connectivity index (χ2n) is 4.82. The van der Waals surface area contributed by atoms with Crippen molar-refractivity contribution < 1.29 is 15.0 Å². The van der Waals surface area contributed by atoms with Crippen molar-refractivity contribution in [3.8, 4) is 5.75 Å². The van der Waals surface area contributed by atoms with Gasteiger partial charge in [0.1, 0.15) is 5.75 Å². The van der Waals surface area contributed by atoms with Gasteiger partial charge in [-0.05, 0) is 43.9 Å². The van der Waals surface area contributed by atoms with Gasteiger partial charge < -0.3 is 15.1 Å². The van der Waals surface area contributed by atoms with Gasteiger partial charge in [-0.1, -0.05) is 11.6 Å². The van der Waals surface area contributed by atoms with Crippen molar-refractivity contribution >= 4 is 17.5 Å². The van der Waals surface area contributed by atoms with Crippen molar-refractivity contribution in [3.05, 3.63) is 28.8 Å². The Bertz CT molecular complexity index is 464. The van der Waals surface area contributed by atoms with E-state index in [9.17, 15) is 9.90 Å². The smallest absolute Gasteiger partial charge is 0.257 e. The number of phenols is 1. The van der Waals surface area contributed by atoms with E-state index in [1.165, 1.54) is 6.07 Å². The van der Waals surface area contributed by atoms with Gasteiger partial charge in [0.2, 0.25) is 0 Å². The van der Waals surface area contributed by atoms with E-state index in [4.69, 9.17) is 16.7 Å². The molecular formula is C14H18ClNO3. The van der Waals surface area contributed by atoms with Crippen LogP contribution in [0.5, 0.6) is 5.75 Å². The maximum atomic E-state index is 12.4. The molecule has 104 valence electrons. The second kappa shape index (κ2) is 6.26. The summed E-state index contributed by atoms with van der Waals surface area (Å²) in [7, 11) is 0. The number of hydrogen-bond acceptors (Lipinski definition) is 3. The zero-order valence-electron chi connectivity index (χ0n) is 10.7. The molecule has 0 spiro atoms. The molecule has 4 nitrogen and oxygen atoms in total. The molecule has 0 aromatic heterocycles. The van der Waals surface area contributed by atoms with E-state index in [0.717, 1.165) is 19.3 Å². The molecule has 0 bridgehead atoms. The van der Waals surface area contributed by atoms with Crippen LogP contribution in [0, 0.1) is 0 Å². The normalized spacial score (nSPS) is 18.8. The van der Waals surface area contributed by atoms with Gasteiger partial charge in [0.15, 0.2) is 0 Å². The lowest BCUT2D eigenvalue weighted by Crippen LogP contribution is -2.35. The summed E-state index contributed by atoms with van der Waals surface area (Å²) in [6.07, 6.45) is 3.42. The first-order valence-electron chi connectivity index (χ1n) is 6.54. The quantitative estimate of drug-likeness (QED) is 0.892. The lowest BCUT2D eigenvalue weighted by Gasteiger charge is -2.25. The van der Waals surface area contributed by atoms with Crippen LogP contribution in [0.4, 0.5) is 0 Å². The van der Waals surface area contributed by atoms with Crippen LogP contribution in [0.25, 0.3) is 0 Å². The SMILES string of the molecule is O=C(c1ccc(Cl)cc1O)N1CCCC1CCCO. The van der Waals surface area contributed by atoms with Gasteiger partial charge in [-0.3, -0.25) is 4.79 Å². The van der Waals surface area contributed by atoms with Gasteiger partial charge in [-0.15, -0.1) is 0 Å². The highest BCUT2D eigenvalue weighted by atomic mass is 35.5. The minimum Gasteiger partial charge on any atom is -0.507 e. The maximum Gasteiger partial charge on any atom is 0.257 e. The molecule has 0 saturated carbocycles. The number of aromatic hydroxyl groups is 1. The minimum atomic E-state index is -0.158. The van der Waals surface area contributed by atoms with Gasteiger partial charge in [-0.2, -0.15) is 0 Å². The number of halogens is 1. The third-order valence-electron chi connectivity index (χ3n) is 3.52. The number of hydrogen-bond donors (Lipinski definition) is 2. The van der Waals surface area contributed by atoms with E-state index in [2.05, 4.69) is 0 Å². The lowest BCUT2D eigenvalue weighted by atomic mass is 10.1. The number of aliphatic hydroxyl groups excluding tert-OH is 1. The molecule has 0 aliphatic carbocycles. The summed E-state index contributed by atoms with van der Waals surface area (Å²) in [4.78, 5) is 14.2. The van der Waals surface area contributed by atoms with E-state index in [1.54, 1.807) is 17.0 Å². The van der Waals surface area contributed by atoms with Gasteiger partial charge in [0, 0.05) is 24.2 Å². The molecule has 1 heterocycles. The van der Waals surface area contributed by atoms with Gasteiger partial charge in [0.05, 0.1) is 5.56 Å². The predicted octanol–water partition coefficient (Wildman–Crippen LogP) is 2.42. The van der Waals surface area contributed by atoms with Crippen LogP contribution in [0.2, 0.25) is 5.02 Å². The van der Waals surface area contributed by atoms with Crippen LogP contribution in [0.15, 0.2) is 18.2 Å². The van der Waals surface area contributed by atoms with Crippen molar-refractivity contribution in [3.63, 3.8) is 0 Å². The summed E-state index contributed by atoms with van der Waals surface area (Å²) in [6.45, 7) is 0.849. The highest BCUT2D eigenvalue weighted by Gasteiger charge is 2.30. The molecule has 2 rings (SSSR count). The van der Waals surface area contributed by atoms with E-state index >= 15 is 0 Å². The van der Waals surface area contributed by atoms with Gasteiger partial charge in [0.25, 0.3) is 5.91 Å². The average molecular weight is 284 g/mol. The Labute approximate surface area is 117 Å². The Morgan fingerprint density at radius 3 is 2.95 bits per heavy atom. The Kier molecular flexibility index (Phi) is 4.66. The number of benzene rings is 1. The molecule has 1 atom stereocenters. The number of phenolic OH excluding ortho intramolecular Hbond substituents is 1. The molecule has 1 fully saturated rings. The van der Waals surface area contributed by atoms with Crippen molar-refractivity contribution in [1.82, 2.24) is 4.90 Å². The second-order valence-corrected chi connectivity index (χ2v) is 5.26. The first-order valence-corrected chi connectivity index (χ1v) is 6.91. The zero-order valence-corrected chi connectivity index (χ0v) is 11.4. The molecule has 1 aliphatic rings. The van der Waals surface area contributed by atoms with Crippen LogP contribution in [-0.4, -0.2) is 40.2 Å². The summed E-state index contributed by atoms with van der Waals surface area (Å²) >= 11 is 5.77. The number of likely N-dealkylation sites (tertiary alicyclic amines) is 1. The van der Waals surface area contributed by atoms with Gasteiger partial charge >= 0.3 is 0 Å². The van der Waals surface area contributed by atoms with Gasteiger partial charge in [-0.25, -0.2) is 0 Å². The van der Waals surface area contributed by atoms with Crippen molar-refractivity contribution in [2.45, 2.75) is 31.7 Å². The highest BCUT2D eigenvalue weighted by Crippen LogP contribution is 2.28. The Balaban J connectivity index is 2.13. The Morgan fingerprint density at radius 1 is 1.47 bits per heavy atom. The Hall–Kier alpha value is -1.26. The van der Waals surface area contributed by atoms with Crippen LogP contribution < -0.4 is 0 Å². The van der Waals surface area contributed by atoms with Crippen LogP contribution >= 0.6 is 11.6 Å². The van der Waals surface area contributed by atoms with Crippen LogP contribution in [0.3, 0.4) is 0 Å². The molecule has 1 saturated heterocycles. The topological polar surface area (TPSA) is 60.8 Å². The molecule has 1 amide bonds. The first-order chi connectivity index (χ1) is 9.13. The molecule has 1 aromatic carbocycles. The average Bonchev–Trinajstić information content (AvgIpc) is 2.83. The Morgan fingerprint density at radius 2 is 2.26 bits per heavy atom. The monoisotopic (exact) mass is 283 g/mol. The molecule has 1 aliphatic heterocycles. The van der Waals surface area contributed by atoms with Crippen LogP contribution in [-0.2, 0) is 0 Å². The molecule has 5 heteroatoms. The van der Waals surface area contributed by atoms with E-state index in [1.807, 2.05) is 0 Å².